The van der Waals surface area contributed by atoms with Crippen LogP contribution in [0.25, 0.3) is 10.8 Å². The van der Waals surface area contributed by atoms with Crippen LogP contribution in [-0.2, 0) is 21.3 Å². The van der Waals surface area contributed by atoms with E-state index in [1.807, 2.05) is 49.3 Å². The Morgan fingerprint density at radius 3 is 2.47 bits per heavy atom. The maximum absolute atomic E-state index is 13.1. The monoisotopic (exact) mass is 426 g/mol. The van der Waals surface area contributed by atoms with Gasteiger partial charge in [-0.05, 0) is 23.8 Å². The molecule has 8 heteroatoms. The molecule has 158 valence electrons. The molecular formula is C22H26N4O3S. The standard InChI is InChI=1S/C22H26N4O3S/c1-25(2)20-7-3-6-19-18(20)5-4-8-21(19)30(27,28)24-22-10-9-17(15-23-22)16-26-11-13-29-14-12-26/h3-10,15H,11-14,16H2,1-2H3,(H,23,24). The van der Waals surface area contributed by atoms with Gasteiger partial charge in [0, 0.05) is 56.4 Å². The first-order valence-electron chi connectivity index (χ1n) is 9.91. The van der Waals surface area contributed by atoms with E-state index in [0.717, 1.165) is 49.5 Å². The number of pyridine rings is 1. The van der Waals surface area contributed by atoms with Crippen molar-refractivity contribution in [3.05, 3.63) is 60.3 Å². The molecule has 1 aliphatic rings. The number of morpholine rings is 1. The van der Waals surface area contributed by atoms with Crippen molar-refractivity contribution in [3.8, 4) is 0 Å². The number of rotatable bonds is 6. The number of nitrogens with one attached hydrogen (secondary N) is 1. The quantitative estimate of drug-likeness (QED) is 0.653. The highest BCUT2D eigenvalue weighted by molar-refractivity contribution is 7.93. The lowest BCUT2D eigenvalue weighted by molar-refractivity contribution is 0.0341. The van der Waals surface area contributed by atoms with Gasteiger partial charge in [-0.1, -0.05) is 30.3 Å². The van der Waals surface area contributed by atoms with Crippen LogP contribution in [0.15, 0.2) is 59.6 Å². The van der Waals surface area contributed by atoms with Crippen LogP contribution in [0.1, 0.15) is 5.56 Å². The van der Waals surface area contributed by atoms with E-state index in [9.17, 15) is 8.42 Å². The summed E-state index contributed by atoms with van der Waals surface area (Å²) in [4.78, 5) is 8.83. The Hall–Kier alpha value is -2.68. The first-order chi connectivity index (χ1) is 14.4. The Morgan fingerprint density at radius 2 is 1.77 bits per heavy atom. The van der Waals surface area contributed by atoms with E-state index in [1.54, 1.807) is 24.4 Å². The second-order valence-electron chi connectivity index (χ2n) is 7.57. The average Bonchev–Trinajstić information content (AvgIpc) is 2.74. The smallest absolute Gasteiger partial charge is 0.263 e. The van der Waals surface area contributed by atoms with E-state index >= 15 is 0 Å². The summed E-state index contributed by atoms with van der Waals surface area (Å²) in [6.45, 7) is 4.05. The molecule has 0 aliphatic carbocycles. The van der Waals surface area contributed by atoms with Crippen LogP contribution in [0.3, 0.4) is 0 Å². The fraction of sp³-hybridized carbons (Fsp3) is 0.318. The van der Waals surface area contributed by atoms with Crippen molar-refractivity contribution in [2.45, 2.75) is 11.4 Å². The van der Waals surface area contributed by atoms with Crippen LogP contribution in [0.2, 0.25) is 0 Å². The lowest BCUT2D eigenvalue weighted by Gasteiger charge is -2.26. The fourth-order valence-corrected chi connectivity index (χ4v) is 4.91. The van der Waals surface area contributed by atoms with E-state index in [1.165, 1.54) is 0 Å². The van der Waals surface area contributed by atoms with E-state index < -0.39 is 10.0 Å². The van der Waals surface area contributed by atoms with Crippen molar-refractivity contribution in [2.24, 2.45) is 0 Å². The molecule has 0 radical (unpaired) electrons. The highest BCUT2D eigenvalue weighted by atomic mass is 32.2. The molecule has 0 bridgehead atoms. The molecule has 2 aromatic carbocycles. The van der Waals surface area contributed by atoms with Gasteiger partial charge in [0.05, 0.1) is 18.1 Å². The van der Waals surface area contributed by atoms with Crippen LogP contribution in [0.5, 0.6) is 0 Å². The molecule has 7 nitrogen and oxygen atoms in total. The maximum atomic E-state index is 13.1. The van der Waals surface area contributed by atoms with Crippen LogP contribution in [0.4, 0.5) is 11.5 Å². The molecule has 0 spiro atoms. The Balaban J connectivity index is 1.56. The van der Waals surface area contributed by atoms with Crippen LogP contribution >= 0.6 is 0 Å². The Labute approximate surface area is 177 Å². The summed E-state index contributed by atoms with van der Waals surface area (Å²) in [7, 11) is 0.102. The van der Waals surface area contributed by atoms with Gasteiger partial charge in [0.2, 0.25) is 0 Å². The summed E-state index contributed by atoms with van der Waals surface area (Å²) in [5.74, 6) is 0.307. The third-order valence-electron chi connectivity index (χ3n) is 5.20. The molecule has 0 saturated carbocycles. The van der Waals surface area contributed by atoms with Gasteiger partial charge in [-0.3, -0.25) is 9.62 Å². The summed E-state index contributed by atoms with van der Waals surface area (Å²) in [5.41, 5.74) is 2.01. The highest BCUT2D eigenvalue weighted by Gasteiger charge is 2.19. The Kier molecular flexibility index (Phi) is 5.90. The largest absolute Gasteiger partial charge is 0.379 e. The number of anilines is 2. The molecule has 0 amide bonds. The summed E-state index contributed by atoms with van der Waals surface area (Å²) in [5, 5.41) is 1.57. The first-order valence-corrected chi connectivity index (χ1v) is 11.4. The van der Waals surface area contributed by atoms with Gasteiger partial charge < -0.3 is 9.64 Å². The predicted octanol–water partition coefficient (Wildman–Crippen LogP) is 2.93. The minimum atomic E-state index is -3.78. The Bertz CT molecular complexity index is 1120. The van der Waals surface area contributed by atoms with Gasteiger partial charge in [-0.25, -0.2) is 13.4 Å². The molecule has 0 unspecified atom stereocenters. The maximum Gasteiger partial charge on any atom is 0.263 e. The van der Waals surface area contributed by atoms with Crippen molar-refractivity contribution in [1.29, 1.82) is 0 Å². The molecule has 1 saturated heterocycles. The van der Waals surface area contributed by atoms with E-state index in [-0.39, 0.29) is 4.90 Å². The van der Waals surface area contributed by atoms with Crippen LogP contribution in [-0.4, -0.2) is 58.7 Å². The van der Waals surface area contributed by atoms with E-state index in [4.69, 9.17) is 4.74 Å². The third kappa shape index (κ3) is 4.40. The zero-order chi connectivity index (χ0) is 21.1. The van der Waals surface area contributed by atoms with Crippen molar-refractivity contribution in [2.75, 3.05) is 50.0 Å². The Morgan fingerprint density at radius 1 is 1.03 bits per heavy atom. The molecule has 1 N–H and O–H groups in total. The van der Waals surface area contributed by atoms with Gasteiger partial charge in [0.1, 0.15) is 5.82 Å². The minimum absolute atomic E-state index is 0.239. The van der Waals surface area contributed by atoms with Crippen molar-refractivity contribution in [3.63, 3.8) is 0 Å². The van der Waals surface area contributed by atoms with Crippen LogP contribution in [0, 0.1) is 0 Å². The number of ether oxygens (including phenoxy) is 1. The minimum Gasteiger partial charge on any atom is -0.379 e. The van der Waals surface area contributed by atoms with Gasteiger partial charge in [-0.15, -0.1) is 0 Å². The third-order valence-corrected chi connectivity index (χ3v) is 6.62. The molecule has 3 aromatic rings. The summed E-state index contributed by atoms with van der Waals surface area (Å²) < 4.78 is 34.2. The lowest BCUT2D eigenvalue weighted by Crippen LogP contribution is -2.35. The van der Waals surface area contributed by atoms with Gasteiger partial charge in [0.15, 0.2) is 0 Å². The molecular weight excluding hydrogens is 400 g/mol. The van der Waals surface area contributed by atoms with Gasteiger partial charge >= 0.3 is 0 Å². The molecule has 2 heterocycles. The number of aromatic nitrogens is 1. The average molecular weight is 427 g/mol. The zero-order valence-corrected chi connectivity index (χ0v) is 18.0. The normalized spacial score (nSPS) is 15.3. The van der Waals surface area contributed by atoms with Crippen molar-refractivity contribution < 1.29 is 13.2 Å². The zero-order valence-electron chi connectivity index (χ0n) is 17.2. The van der Waals surface area contributed by atoms with Gasteiger partial charge in [0.25, 0.3) is 10.0 Å². The number of benzene rings is 2. The number of sulfonamides is 1. The summed E-state index contributed by atoms with van der Waals surface area (Å²) >= 11 is 0. The summed E-state index contributed by atoms with van der Waals surface area (Å²) in [6.07, 6.45) is 1.72. The number of hydrogen-bond acceptors (Lipinski definition) is 6. The molecule has 1 fully saturated rings. The van der Waals surface area contributed by atoms with Gasteiger partial charge in [-0.2, -0.15) is 0 Å². The number of fused-ring (bicyclic) bond motifs is 1. The predicted molar refractivity (Wildman–Crippen MR) is 119 cm³/mol. The topological polar surface area (TPSA) is 74.8 Å². The van der Waals surface area contributed by atoms with Crippen molar-refractivity contribution in [1.82, 2.24) is 9.88 Å². The molecule has 0 atom stereocenters. The molecule has 4 rings (SSSR count). The molecule has 1 aliphatic heterocycles. The lowest BCUT2D eigenvalue weighted by atomic mass is 10.1. The van der Waals surface area contributed by atoms with E-state index in [2.05, 4.69) is 14.6 Å². The SMILES string of the molecule is CN(C)c1cccc2c(S(=O)(=O)Nc3ccc(CN4CCOCC4)cn3)cccc12. The summed E-state index contributed by atoms with van der Waals surface area (Å²) in [6, 6.07) is 14.6. The fourth-order valence-electron chi connectivity index (χ4n) is 3.68. The van der Waals surface area contributed by atoms with Crippen molar-refractivity contribution >= 4 is 32.3 Å². The first kappa shape index (κ1) is 20.6. The second kappa shape index (κ2) is 8.59. The van der Waals surface area contributed by atoms with Crippen LogP contribution < -0.4 is 9.62 Å². The van der Waals surface area contributed by atoms with E-state index in [0.29, 0.717) is 11.2 Å². The molecule has 1 aromatic heterocycles. The second-order valence-corrected chi connectivity index (χ2v) is 9.22. The highest BCUT2D eigenvalue weighted by Crippen LogP contribution is 2.30. The molecule has 30 heavy (non-hydrogen) atoms. The number of hydrogen-bond donors (Lipinski definition) is 1. The number of nitrogens with zero attached hydrogens (tertiary/aromatic N) is 3.